The second kappa shape index (κ2) is 8.01. The van der Waals surface area contributed by atoms with E-state index in [0.717, 1.165) is 12.2 Å². The Balaban J connectivity index is 0.00000200. The van der Waals surface area contributed by atoms with Gasteiger partial charge < -0.3 is 11.1 Å². The minimum atomic E-state index is -0.0985. The van der Waals surface area contributed by atoms with Gasteiger partial charge in [0.25, 0.3) is 5.91 Å². The van der Waals surface area contributed by atoms with E-state index in [-0.39, 0.29) is 24.4 Å². The van der Waals surface area contributed by atoms with Crippen molar-refractivity contribution in [3.05, 3.63) is 28.8 Å². The number of nitrogen functional groups attached to an aromatic ring is 1. The maximum absolute atomic E-state index is 12.2. The average Bonchev–Trinajstić information content (AvgIpc) is 2.77. The molecule has 6 heteroatoms. The summed E-state index contributed by atoms with van der Waals surface area (Å²) in [5, 5.41) is 4.05. The molecule has 3 nitrogen and oxygen atoms in total. The van der Waals surface area contributed by atoms with Crippen molar-refractivity contribution >= 4 is 47.4 Å². The maximum atomic E-state index is 12.2. The number of halogens is 2. The fraction of sp³-hybridized carbons (Fsp3) is 0.500. The van der Waals surface area contributed by atoms with E-state index >= 15 is 0 Å². The number of carbonyl (C=O) groups is 1. The minimum absolute atomic E-state index is 0. The molecule has 0 bridgehead atoms. The molecule has 0 saturated heterocycles. The van der Waals surface area contributed by atoms with Gasteiger partial charge in [0.05, 0.1) is 10.6 Å². The first-order valence-corrected chi connectivity index (χ1v) is 8.02. The highest BCUT2D eigenvalue weighted by atomic mass is 35.5. The van der Waals surface area contributed by atoms with Crippen LogP contribution >= 0.6 is 35.8 Å². The van der Waals surface area contributed by atoms with Gasteiger partial charge in [-0.3, -0.25) is 4.79 Å². The number of amides is 1. The minimum Gasteiger partial charge on any atom is -0.399 e. The summed E-state index contributed by atoms with van der Waals surface area (Å²) in [4.78, 5) is 12.2. The molecule has 2 rings (SSSR count). The molecular formula is C14H20Cl2N2OS. The molecule has 2 unspecified atom stereocenters. The van der Waals surface area contributed by atoms with Gasteiger partial charge in [-0.25, -0.2) is 0 Å². The SMILES string of the molecule is CCSC1CCCC1NC(=O)c1ccc(N)cc1Cl.Cl. The molecular weight excluding hydrogens is 315 g/mol. The molecule has 0 heterocycles. The predicted molar refractivity (Wildman–Crippen MR) is 90.1 cm³/mol. The van der Waals surface area contributed by atoms with Crippen LogP contribution in [0.1, 0.15) is 36.5 Å². The van der Waals surface area contributed by atoms with E-state index < -0.39 is 0 Å². The summed E-state index contributed by atoms with van der Waals surface area (Å²) in [7, 11) is 0. The molecule has 0 spiro atoms. The topological polar surface area (TPSA) is 55.1 Å². The Morgan fingerprint density at radius 1 is 1.50 bits per heavy atom. The van der Waals surface area contributed by atoms with E-state index in [1.54, 1.807) is 18.2 Å². The van der Waals surface area contributed by atoms with E-state index in [1.807, 2.05) is 11.8 Å². The van der Waals surface area contributed by atoms with Crippen LogP contribution in [-0.4, -0.2) is 23.0 Å². The van der Waals surface area contributed by atoms with Crippen LogP contribution in [0.3, 0.4) is 0 Å². The molecule has 1 aromatic carbocycles. The van der Waals surface area contributed by atoms with Gasteiger partial charge in [-0.05, 0) is 36.8 Å². The fourth-order valence-corrected chi connectivity index (χ4v) is 3.94. The Hall–Kier alpha value is -0.580. The summed E-state index contributed by atoms with van der Waals surface area (Å²) in [5.41, 5.74) is 6.71. The van der Waals surface area contributed by atoms with E-state index in [4.69, 9.17) is 17.3 Å². The van der Waals surface area contributed by atoms with E-state index in [1.165, 1.54) is 12.8 Å². The Morgan fingerprint density at radius 2 is 2.25 bits per heavy atom. The molecule has 2 atom stereocenters. The normalized spacial score (nSPS) is 21.3. The molecule has 112 valence electrons. The lowest BCUT2D eigenvalue weighted by molar-refractivity contribution is 0.0939. The highest BCUT2D eigenvalue weighted by Gasteiger charge is 2.29. The molecule has 1 saturated carbocycles. The van der Waals surface area contributed by atoms with E-state index in [0.29, 0.717) is 21.5 Å². The van der Waals surface area contributed by atoms with Gasteiger partial charge in [0, 0.05) is 17.0 Å². The molecule has 0 aliphatic heterocycles. The average molecular weight is 335 g/mol. The predicted octanol–water partition coefficient (Wildman–Crippen LogP) is 3.75. The number of anilines is 1. The van der Waals surface area contributed by atoms with Crippen LogP contribution in [0.4, 0.5) is 5.69 Å². The van der Waals surface area contributed by atoms with Crippen LogP contribution < -0.4 is 11.1 Å². The molecule has 1 amide bonds. The highest BCUT2D eigenvalue weighted by molar-refractivity contribution is 7.99. The zero-order chi connectivity index (χ0) is 13.8. The van der Waals surface area contributed by atoms with E-state index in [9.17, 15) is 4.79 Å². The third kappa shape index (κ3) is 4.21. The number of benzene rings is 1. The molecule has 20 heavy (non-hydrogen) atoms. The Morgan fingerprint density at radius 3 is 2.90 bits per heavy atom. The van der Waals surface area contributed by atoms with Gasteiger partial charge in [-0.2, -0.15) is 11.8 Å². The molecule has 0 aromatic heterocycles. The van der Waals surface area contributed by atoms with Crippen molar-refractivity contribution in [3.8, 4) is 0 Å². The Bertz CT molecular complexity index is 470. The molecule has 1 fully saturated rings. The monoisotopic (exact) mass is 334 g/mol. The van der Waals surface area contributed by atoms with Crippen molar-refractivity contribution in [1.29, 1.82) is 0 Å². The Labute approximate surface area is 135 Å². The fourth-order valence-electron chi connectivity index (χ4n) is 2.47. The van der Waals surface area contributed by atoms with Crippen molar-refractivity contribution < 1.29 is 4.79 Å². The summed E-state index contributed by atoms with van der Waals surface area (Å²) < 4.78 is 0. The van der Waals surface area contributed by atoms with Crippen LogP contribution in [0.25, 0.3) is 0 Å². The van der Waals surface area contributed by atoms with Crippen LogP contribution in [0.5, 0.6) is 0 Å². The van der Waals surface area contributed by atoms with Crippen molar-refractivity contribution in [2.24, 2.45) is 0 Å². The largest absolute Gasteiger partial charge is 0.399 e. The van der Waals surface area contributed by atoms with Crippen LogP contribution in [-0.2, 0) is 0 Å². The van der Waals surface area contributed by atoms with Gasteiger partial charge >= 0.3 is 0 Å². The number of rotatable bonds is 4. The molecule has 0 radical (unpaired) electrons. The summed E-state index contributed by atoms with van der Waals surface area (Å²) in [5.74, 6) is 0.984. The quantitative estimate of drug-likeness (QED) is 0.824. The summed E-state index contributed by atoms with van der Waals surface area (Å²) in [6.45, 7) is 2.15. The standard InChI is InChI=1S/C14H19ClN2OS.ClH/c1-2-19-13-5-3-4-12(13)17-14(18)10-7-6-9(16)8-11(10)15;/h6-8,12-13H,2-5,16H2,1H3,(H,17,18);1H. The zero-order valence-electron chi connectivity index (χ0n) is 11.4. The first-order chi connectivity index (χ1) is 9.11. The van der Waals surface area contributed by atoms with Gasteiger partial charge in [0.15, 0.2) is 0 Å². The van der Waals surface area contributed by atoms with E-state index in [2.05, 4.69) is 12.2 Å². The van der Waals surface area contributed by atoms with Crippen LogP contribution in [0.2, 0.25) is 5.02 Å². The van der Waals surface area contributed by atoms with Gasteiger partial charge in [-0.1, -0.05) is 24.9 Å². The van der Waals surface area contributed by atoms with Gasteiger partial charge in [0.2, 0.25) is 0 Å². The zero-order valence-corrected chi connectivity index (χ0v) is 13.8. The number of hydrogen-bond acceptors (Lipinski definition) is 3. The first-order valence-electron chi connectivity index (χ1n) is 6.59. The van der Waals surface area contributed by atoms with Crippen molar-refractivity contribution in [2.45, 2.75) is 37.5 Å². The Kier molecular flexibility index (Phi) is 7.00. The van der Waals surface area contributed by atoms with Crippen molar-refractivity contribution in [3.63, 3.8) is 0 Å². The summed E-state index contributed by atoms with van der Waals surface area (Å²) >= 11 is 7.98. The van der Waals surface area contributed by atoms with Crippen molar-refractivity contribution in [1.82, 2.24) is 5.32 Å². The summed E-state index contributed by atoms with van der Waals surface area (Å²) in [6.07, 6.45) is 3.41. The lowest BCUT2D eigenvalue weighted by atomic mass is 10.1. The maximum Gasteiger partial charge on any atom is 0.253 e. The van der Waals surface area contributed by atoms with Crippen LogP contribution in [0.15, 0.2) is 18.2 Å². The second-order valence-electron chi connectivity index (χ2n) is 4.74. The third-order valence-electron chi connectivity index (χ3n) is 3.39. The molecule has 1 aliphatic rings. The molecule has 1 aromatic rings. The number of thioether (sulfide) groups is 1. The smallest absolute Gasteiger partial charge is 0.253 e. The summed E-state index contributed by atoms with van der Waals surface area (Å²) in [6, 6.07) is 5.26. The lowest BCUT2D eigenvalue weighted by Gasteiger charge is -2.20. The second-order valence-corrected chi connectivity index (χ2v) is 6.67. The first kappa shape index (κ1) is 17.5. The molecule has 3 N–H and O–H groups in total. The number of hydrogen-bond donors (Lipinski definition) is 2. The van der Waals surface area contributed by atoms with Gasteiger partial charge in [-0.15, -0.1) is 12.4 Å². The number of carbonyl (C=O) groups excluding carboxylic acids is 1. The van der Waals surface area contributed by atoms with Crippen molar-refractivity contribution in [2.75, 3.05) is 11.5 Å². The van der Waals surface area contributed by atoms with Gasteiger partial charge in [0.1, 0.15) is 0 Å². The third-order valence-corrected chi connectivity index (χ3v) is 5.03. The lowest BCUT2D eigenvalue weighted by Crippen LogP contribution is -2.38. The molecule has 1 aliphatic carbocycles. The number of nitrogens with two attached hydrogens (primary N) is 1. The number of nitrogens with one attached hydrogen (secondary N) is 1. The highest BCUT2D eigenvalue weighted by Crippen LogP contribution is 2.30. The van der Waals surface area contributed by atoms with Crippen LogP contribution in [0, 0.1) is 0 Å².